The van der Waals surface area contributed by atoms with Gasteiger partial charge in [-0.3, -0.25) is 10.1 Å². The van der Waals surface area contributed by atoms with Gasteiger partial charge >= 0.3 is 6.18 Å². The van der Waals surface area contributed by atoms with E-state index in [4.69, 9.17) is 0 Å². The Morgan fingerprint density at radius 2 is 1.76 bits per heavy atom. The number of benzene rings is 2. The molecule has 1 aromatic heterocycles. The van der Waals surface area contributed by atoms with Gasteiger partial charge in [0.1, 0.15) is 0 Å². The van der Waals surface area contributed by atoms with E-state index in [1.165, 1.54) is 0 Å². The molecular weight excluding hydrogens is 349 g/mol. The highest BCUT2D eigenvalue weighted by atomic mass is 32.1. The summed E-state index contributed by atoms with van der Waals surface area (Å²) in [6.07, 6.45) is -4.52. The van der Waals surface area contributed by atoms with Gasteiger partial charge in [0.2, 0.25) is 0 Å². The van der Waals surface area contributed by atoms with E-state index in [2.05, 4.69) is 10.3 Å². The van der Waals surface area contributed by atoms with Gasteiger partial charge in [-0.1, -0.05) is 36.4 Å². The molecule has 7 heteroatoms. The zero-order chi connectivity index (χ0) is 18.0. The Balaban J connectivity index is 1.75. The van der Waals surface area contributed by atoms with Gasteiger partial charge in [-0.05, 0) is 35.7 Å². The van der Waals surface area contributed by atoms with Gasteiger partial charge in [0, 0.05) is 10.9 Å². The molecule has 128 valence electrons. The van der Waals surface area contributed by atoms with E-state index >= 15 is 0 Å². The molecule has 0 spiro atoms. The molecule has 3 aromatic rings. The summed E-state index contributed by atoms with van der Waals surface area (Å²) in [7, 11) is 0. The van der Waals surface area contributed by atoms with Crippen LogP contribution in [0.1, 0.15) is 21.6 Å². The van der Waals surface area contributed by atoms with Crippen molar-refractivity contribution in [3.8, 4) is 11.1 Å². The maximum atomic E-state index is 12.5. The number of aromatic nitrogens is 1. The number of carbonyl (C=O) groups excluding carboxylic acids is 1. The first kappa shape index (κ1) is 17.2. The molecule has 1 amide bonds. The zero-order valence-electron chi connectivity index (χ0n) is 13.1. The number of anilines is 1. The smallest absolute Gasteiger partial charge is 0.298 e. The lowest BCUT2D eigenvalue weighted by molar-refractivity contribution is -0.140. The Hall–Kier alpha value is -2.67. The molecule has 0 aliphatic heterocycles. The average molecular weight is 362 g/mol. The number of nitrogens with zero attached hydrogens (tertiary/aromatic N) is 1. The van der Waals surface area contributed by atoms with Crippen LogP contribution in [-0.2, 0) is 6.18 Å². The summed E-state index contributed by atoms with van der Waals surface area (Å²) in [5, 5.41) is 3.18. The number of nitrogens with one attached hydrogen (secondary N) is 1. The summed E-state index contributed by atoms with van der Waals surface area (Å²) in [6.45, 7) is 2.00. The van der Waals surface area contributed by atoms with Gasteiger partial charge in [0.25, 0.3) is 5.91 Å². The van der Waals surface area contributed by atoms with E-state index in [9.17, 15) is 18.0 Å². The molecule has 25 heavy (non-hydrogen) atoms. The molecule has 0 aliphatic carbocycles. The van der Waals surface area contributed by atoms with E-state index in [0.717, 1.165) is 33.4 Å². The summed E-state index contributed by atoms with van der Waals surface area (Å²) in [5.74, 6) is -0.501. The van der Waals surface area contributed by atoms with Crippen molar-refractivity contribution >= 4 is 22.4 Å². The van der Waals surface area contributed by atoms with Gasteiger partial charge < -0.3 is 0 Å². The summed E-state index contributed by atoms with van der Waals surface area (Å²) in [5.41, 5.74) is 2.47. The van der Waals surface area contributed by atoms with Gasteiger partial charge in [0.15, 0.2) is 10.8 Å². The molecule has 0 fully saturated rings. The standard InChI is InChI=1S/C18H13F3N2OS/c1-11-4-2-3-5-14(11)12-6-8-13(9-7-12)16(24)23-17-22-15(10-25-17)18(19,20)21/h2-10H,1H3,(H,22,23,24). The predicted octanol–water partition coefficient (Wildman–Crippen LogP) is 5.39. The topological polar surface area (TPSA) is 42.0 Å². The number of hydrogen-bond acceptors (Lipinski definition) is 3. The first-order valence-corrected chi connectivity index (χ1v) is 8.23. The van der Waals surface area contributed by atoms with Gasteiger partial charge in [-0.2, -0.15) is 13.2 Å². The zero-order valence-corrected chi connectivity index (χ0v) is 13.9. The fourth-order valence-electron chi connectivity index (χ4n) is 2.33. The predicted molar refractivity (Wildman–Crippen MR) is 91.7 cm³/mol. The lowest BCUT2D eigenvalue weighted by Gasteiger charge is -2.07. The molecule has 1 N–H and O–H groups in total. The van der Waals surface area contributed by atoms with Gasteiger partial charge in [-0.25, -0.2) is 4.98 Å². The molecular formula is C18H13F3N2OS. The minimum Gasteiger partial charge on any atom is -0.298 e. The van der Waals surface area contributed by atoms with Gasteiger partial charge in [-0.15, -0.1) is 11.3 Å². The monoisotopic (exact) mass is 362 g/mol. The van der Waals surface area contributed by atoms with Crippen LogP contribution >= 0.6 is 11.3 Å². The van der Waals surface area contributed by atoms with E-state index < -0.39 is 17.8 Å². The maximum absolute atomic E-state index is 12.5. The molecule has 2 aromatic carbocycles. The Morgan fingerprint density at radius 1 is 1.08 bits per heavy atom. The Morgan fingerprint density at radius 3 is 2.36 bits per heavy atom. The molecule has 0 aliphatic rings. The number of hydrogen-bond donors (Lipinski definition) is 1. The molecule has 3 rings (SSSR count). The van der Waals surface area contributed by atoms with Crippen molar-refractivity contribution in [2.24, 2.45) is 0 Å². The van der Waals surface area contributed by atoms with Crippen LogP contribution in [0, 0.1) is 6.92 Å². The Bertz CT molecular complexity index is 901. The summed E-state index contributed by atoms with van der Waals surface area (Å²) in [6, 6.07) is 14.7. The highest BCUT2D eigenvalue weighted by Gasteiger charge is 2.33. The third-order valence-corrected chi connectivity index (χ3v) is 4.38. The fraction of sp³-hybridized carbons (Fsp3) is 0.111. The number of rotatable bonds is 3. The van der Waals surface area contributed by atoms with Crippen molar-refractivity contribution in [2.75, 3.05) is 5.32 Å². The van der Waals surface area contributed by atoms with E-state index in [-0.39, 0.29) is 5.13 Å². The number of thiazole rings is 1. The van der Waals surface area contributed by atoms with E-state index in [1.54, 1.807) is 24.3 Å². The Labute approximate surface area is 146 Å². The maximum Gasteiger partial charge on any atom is 0.434 e. The van der Waals surface area contributed by atoms with Crippen LogP contribution in [0.2, 0.25) is 0 Å². The normalized spacial score (nSPS) is 11.4. The molecule has 0 bridgehead atoms. The molecule has 0 unspecified atom stereocenters. The fourth-order valence-corrected chi connectivity index (χ4v) is 3.04. The lowest BCUT2D eigenvalue weighted by Crippen LogP contribution is -2.12. The number of aryl methyl sites for hydroxylation is 1. The highest BCUT2D eigenvalue weighted by Crippen LogP contribution is 2.31. The quantitative estimate of drug-likeness (QED) is 0.679. The minimum absolute atomic E-state index is 0.0831. The van der Waals surface area contributed by atoms with Crippen LogP contribution < -0.4 is 5.32 Å². The largest absolute Gasteiger partial charge is 0.434 e. The van der Waals surface area contributed by atoms with Crippen LogP contribution in [0.5, 0.6) is 0 Å². The van der Waals surface area contributed by atoms with Crippen molar-refractivity contribution in [3.63, 3.8) is 0 Å². The third-order valence-electron chi connectivity index (χ3n) is 3.62. The Kier molecular flexibility index (Phi) is 4.59. The molecule has 0 atom stereocenters. The van der Waals surface area contributed by atoms with Gasteiger partial charge in [0.05, 0.1) is 0 Å². The molecule has 0 saturated carbocycles. The second-order valence-corrected chi connectivity index (χ2v) is 6.24. The average Bonchev–Trinajstić information content (AvgIpc) is 3.04. The lowest BCUT2D eigenvalue weighted by atomic mass is 9.99. The van der Waals surface area contributed by atoms with Crippen molar-refractivity contribution in [3.05, 3.63) is 70.7 Å². The van der Waals surface area contributed by atoms with Crippen LogP contribution in [0.3, 0.4) is 0 Å². The number of carbonyl (C=O) groups is 1. The molecule has 0 radical (unpaired) electrons. The third kappa shape index (κ3) is 3.88. The van der Waals surface area contributed by atoms with E-state index in [0.29, 0.717) is 5.56 Å². The number of halogens is 3. The number of amides is 1. The summed E-state index contributed by atoms with van der Waals surface area (Å²) < 4.78 is 37.6. The molecule has 1 heterocycles. The van der Waals surface area contributed by atoms with E-state index in [1.807, 2.05) is 31.2 Å². The van der Waals surface area contributed by atoms with Crippen LogP contribution in [-0.4, -0.2) is 10.9 Å². The summed E-state index contributed by atoms with van der Waals surface area (Å²) >= 11 is 0.738. The van der Waals surface area contributed by atoms with Crippen LogP contribution in [0.4, 0.5) is 18.3 Å². The van der Waals surface area contributed by atoms with Crippen LogP contribution in [0.15, 0.2) is 53.9 Å². The van der Waals surface area contributed by atoms with Crippen molar-refractivity contribution < 1.29 is 18.0 Å². The van der Waals surface area contributed by atoms with Crippen molar-refractivity contribution in [1.29, 1.82) is 0 Å². The van der Waals surface area contributed by atoms with Crippen molar-refractivity contribution in [1.82, 2.24) is 4.98 Å². The van der Waals surface area contributed by atoms with Crippen molar-refractivity contribution in [2.45, 2.75) is 13.1 Å². The molecule has 0 saturated heterocycles. The highest BCUT2D eigenvalue weighted by molar-refractivity contribution is 7.14. The summed E-state index contributed by atoms with van der Waals surface area (Å²) in [4.78, 5) is 15.5. The minimum atomic E-state index is -4.52. The second kappa shape index (κ2) is 6.68. The molecule has 3 nitrogen and oxygen atoms in total. The first-order valence-electron chi connectivity index (χ1n) is 7.35. The van der Waals surface area contributed by atoms with Crippen LogP contribution in [0.25, 0.3) is 11.1 Å². The second-order valence-electron chi connectivity index (χ2n) is 5.38. The number of alkyl halides is 3. The first-order chi connectivity index (χ1) is 11.8. The SMILES string of the molecule is Cc1ccccc1-c1ccc(C(=O)Nc2nc(C(F)(F)F)cs2)cc1.